The van der Waals surface area contributed by atoms with Crippen LogP contribution in [0.1, 0.15) is 50.5 Å². The molecule has 2 atom stereocenters. The number of nitrogens with one attached hydrogen (secondary N) is 1. The number of carbonyl (C=O) groups excluding carboxylic acids is 1. The van der Waals surface area contributed by atoms with Crippen molar-refractivity contribution in [1.29, 1.82) is 0 Å². The Labute approximate surface area is 182 Å². The molecule has 4 saturated carbocycles. The SMILES string of the molecule is Cn1cc(CNC(=O)CC23CC4CC(C2)CC(n2cc(Br)c([N+](=O)[O-])n2)(C4)C3)cn1. The van der Waals surface area contributed by atoms with Crippen LogP contribution in [-0.4, -0.2) is 30.4 Å². The lowest BCUT2D eigenvalue weighted by molar-refractivity contribution is -0.390. The summed E-state index contributed by atoms with van der Waals surface area (Å²) in [6.45, 7) is 0.485. The number of rotatable bonds is 6. The van der Waals surface area contributed by atoms with Crippen molar-refractivity contribution in [2.75, 3.05) is 0 Å². The summed E-state index contributed by atoms with van der Waals surface area (Å²) in [5, 5.41) is 22.8. The van der Waals surface area contributed by atoms with E-state index in [1.54, 1.807) is 17.1 Å². The minimum Gasteiger partial charge on any atom is -0.358 e. The highest BCUT2D eigenvalue weighted by Gasteiger charge is 2.60. The Morgan fingerprint density at radius 1 is 1.33 bits per heavy atom. The normalized spacial score (nSPS) is 31.8. The molecule has 0 aromatic carbocycles. The third kappa shape index (κ3) is 3.34. The fourth-order valence-corrected chi connectivity index (χ4v) is 7.17. The molecule has 4 fully saturated rings. The molecule has 0 aliphatic heterocycles. The van der Waals surface area contributed by atoms with Crippen LogP contribution < -0.4 is 5.32 Å². The number of halogens is 1. The first kappa shape index (κ1) is 19.7. The summed E-state index contributed by atoms with van der Waals surface area (Å²) in [5.41, 5.74) is 0.724. The van der Waals surface area contributed by atoms with E-state index in [-0.39, 0.29) is 22.7 Å². The van der Waals surface area contributed by atoms with Crippen molar-refractivity contribution >= 4 is 27.7 Å². The Balaban J connectivity index is 1.35. The lowest BCUT2D eigenvalue weighted by atomic mass is 9.46. The maximum Gasteiger partial charge on any atom is 0.404 e. The Hall–Kier alpha value is -2.23. The molecule has 4 aliphatic rings. The average Bonchev–Trinajstić information content (AvgIpc) is 3.24. The van der Waals surface area contributed by atoms with Crippen molar-refractivity contribution in [3.8, 4) is 0 Å². The Kier molecular flexibility index (Phi) is 4.53. The first-order valence-corrected chi connectivity index (χ1v) is 11.2. The van der Waals surface area contributed by atoms with E-state index >= 15 is 0 Å². The van der Waals surface area contributed by atoms with Gasteiger partial charge in [-0.3, -0.25) is 9.48 Å². The first-order chi connectivity index (χ1) is 14.3. The molecule has 0 radical (unpaired) electrons. The Morgan fingerprint density at radius 3 is 2.67 bits per heavy atom. The van der Waals surface area contributed by atoms with Crippen LogP contribution in [0.15, 0.2) is 23.1 Å². The van der Waals surface area contributed by atoms with E-state index in [9.17, 15) is 14.9 Å². The number of carbonyl (C=O) groups is 1. The zero-order valence-corrected chi connectivity index (χ0v) is 18.5. The Morgan fingerprint density at radius 2 is 2.07 bits per heavy atom. The molecule has 160 valence electrons. The van der Waals surface area contributed by atoms with E-state index in [1.807, 2.05) is 17.9 Å². The van der Waals surface area contributed by atoms with Gasteiger partial charge in [0.15, 0.2) is 0 Å². The van der Waals surface area contributed by atoms with Gasteiger partial charge < -0.3 is 15.4 Å². The van der Waals surface area contributed by atoms with Gasteiger partial charge >= 0.3 is 5.82 Å². The molecule has 4 aliphatic carbocycles. The lowest BCUT2D eigenvalue weighted by Gasteiger charge is -2.61. The van der Waals surface area contributed by atoms with Crippen LogP contribution in [0.2, 0.25) is 0 Å². The number of hydrogen-bond donors (Lipinski definition) is 1. The van der Waals surface area contributed by atoms with Crippen molar-refractivity contribution in [1.82, 2.24) is 24.9 Å². The molecular formula is C20H25BrN6O3. The van der Waals surface area contributed by atoms with Crippen LogP contribution in [0.5, 0.6) is 0 Å². The van der Waals surface area contributed by atoms with E-state index in [0.29, 0.717) is 29.3 Å². The molecule has 0 saturated heterocycles. The fourth-order valence-electron chi connectivity index (χ4n) is 6.75. The molecule has 6 rings (SSSR count). The van der Waals surface area contributed by atoms with E-state index < -0.39 is 4.92 Å². The minimum atomic E-state index is -0.442. The summed E-state index contributed by atoms with van der Waals surface area (Å²) in [6.07, 6.45) is 12.1. The van der Waals surface area contributed by atoms with Gasteiger partial charge in [-0.25, -0.2) is 0 Å². The summed E-state index contributed by atoms with van der Waals surface area (Å²) in [6, 6.07) is 0. The molecule has 1 N–H and O–H groups in total. The third-order valence-electron chi connectivity index (χ3n) is 7.25. The van der Waals surface area contributed by atoms with Crippen molar-refractivity contribution in [2.45, 2.75) is 57.0 Å². The molecule has 2 heterocycles. The average molecular weight is 477 g/mol. The lowest BCUT2D eigenvalue weighted by Crippen LogP contribution is -2.57. The van der Waals surface area contributed by atoms with Gasteiger partial charge in [-0.15, -0.1) is 0 Å². The van der Waals surface area contributed by atoms with Gasteiger partial charge in [-0.2, -0.15) is 9.78 Å². The highest BCUT2D eigenvalue weighted by Crippen LogP contribution is 2.65. The standard InChI is InChI=1S/C20H25BrN6O3/c1-25-10-15(9-23-25)8-22-17(28)7-19-3-13-2-14(4-19)6-20(5-13,12-19)26-11-16(21)18(24-26)27(29)30/h9-11,13-14H,2-8,12H2,1H3,(H,22,28). The molecule has 10 heteroatoms. The van der Waals surface area contributed by atoms with E-state index in [2.05, 4.69) is 31.4 Å². The van der Waals surface area contributed by atoms with E-state index in [1.165, 1.54) is 6.42 Å². The maximum atomic E-state index is 12.8. The van der Waals surface area contributed by atoms with Crippen LogP contribution in [-0.2, 0) is 23.9 Å². The monoisotopic (exact) mass is 476 g/mol. The van der Waals surface area contributed by atoms with E-state index in [0.717, 1.165) is 37.7 Å². The zero-order valence-electron chi connectivity index (χ0n) is 16.9. The summed E-state index contributed by atoms with van der Waals surface area (Å²) in [5.74, 6) is 1.05. The van der Waals surface area contributed by atoms with Crippen molar-refractivity contribution < 1.29 is 9.72 Å². The second-order valence-electron chi connectivity index (χ2n) is 9.66. The number of nitrogens with zero attached hydrogens (tertiary/aromatic N) is 5. The highest BCUT2D eigenvalue weighted by molar-refractivity contribution is 9.10. The van der Waals surface area contributed by atoms with Gasteiger partial charge in [0.1, 0.15) is 4.47 Å². The number of amides is 1. The summed E-state index contributed by atoms with van der Waals surface area (Å²) >= 11 is 3.30. The minimum absolute atomic E-state index is 0.0453. The van der Waals surface area contributed by atoms with Crippen LogP contribution >= 0.6 is 15.9 Å². The molecule has 9 nitrogen and oxygen atoms in total. The zero-order chi connectivity index (χ0) is 21.1. The molecule has 2 aromatic heterocycles. The highest BCUT2D eigenvalue weighted by atomic mass is 79.9. The van der Waals surface area contributed by atoms with E-state index in [4.69, 9.17) is 0 Å². The molecule has 2 unspecified atom stereocenters. The molecule has 2 aromatic rings. The molecule has 1 amide bonds. The third-order valence-corrected chi connectivity index (χ3v) is 7.80. The second kappa shape index (κ2) is 6.90. The molecule has 30 heavy (non-hydrogen) atoms. The summed E-state index contributed by atoms with van der Waals surface area (Å²) < 4.78 is 3.99. The van der Waals surface area contributed by atoms with Crippen molar-refractivity contribution in [3.63, 3.8) is 0 Å². The van der Waals surface area contributed by atoms with Gasteiger partial charge in [-0.05, 0) is 76.6 Å². The number of hydrogen-bond acceptors (Lipinski definition) is 5. The molecule has 4 bridgehead atoms. The van der Waals surface area contributed by atoms with Crippen molar-refractivity contribution in [3.05, 3.63) is 38.7 Å². The predicted octanol–water partition coefficient (Wildman–Crippen LogP) is 3.29. The van der Waals surface area contributed by atoms with Crippen LogP contribution in [0.25, 0.3) is 0 Å². The number of nitro groups is 1. The summed E-state index contributed by atoms with van der Waals surface area (Å²) in [4.78, 5) is 23.7. The van der Waals surface area contributed by atoms with Crippen LogP contribution in [0.3, 0.4) is 0 Å². The molecule has 0 spiro atoms. The summed E-state index contributed by atoms with van der Waals surface area (Å²) in [7, 11) is 1.86. The topological polar surface area (TPSA) is 108 Å². The second-order valence-corrected chi connectivity index (χ2v) is 10.5. The van der Waals surface area contributed by atoms with Crippen molar-refractivity contribution in [2.24, 2.45) is 24.3 Å². The largest absolute Gasteiger partial charge is 0.404 e. The fraction of sp³-hybridized carbons (Fsp3) is 0.650. The Bertz CT molecular complexity index is 1000. The quantitative estimate of drug-likeness (QED) is 0.508. The smallest absolute Gasteiger partial charge is 0.358 e. The van der Waals surface area contributed by atoms with Gasteiger partial charge in [-0.1, -0.05) is 0 Å². The van der Waals surface area contributed by atoms with Crippen LogP contribution in [0.4, 0.5) is 5.82 Å². The number of aromatic nitrogens is 4. The number of aryl methyl sites for hydroxylation is 1. The first-order valence-electron chi connectivity index (χ1n) is 10.4. The van der Waals surface area contributed by atoms with Gasteiger partial charge in [0.2, 0.25) is 5.91 Å². The van der Waals surface area contributed by atoms with Crippen LogP contribution in [0, 0.1) is 27.4 Å². The van der Waals surface area contributed by atoms with Gasteiger partial charge in [0.05, 0.1) is 23.0 Å². The van der Waals surface area contributed by atoms with Gasteiger partial charge in [0, 0.05) is 31.8 Å². The molecular weight excluding hydrogens is 452 g/mol. The predicted molar refractivity (Wildman–Crippen MR) is 111 cm³/mol. The maximum absolute atomic E-state index is 12.8. The van der Waals surface area contributed by atoms with Gasteiger partial charge in [0.25, 0.3) is 0 Å².